The first kappa shape index (κ1) is 19.5. The minimum Gasteiger partial charge on any atom is -0.447 e. The fourth-order valence-corrected chi connectivity index (χ4v) is 2.26. The molecule has 1 amide bonds. The standard InChI is InChI=1S/C18H30N2O3/c1-3-5-12-20(13-6-4-2)14-17(21)15-23-18(22)19-16-10-8-7-9-11-16/h7-11,17,21H,3-6,12-15H2,1-2H3,(H,19,22). The lowest BCUT2D eigenvalue weighted by Gasteiger charge is -2.24. The Kier molecular flexibility index (Phi) is 10.1. The Balaban J connectivity index is 2.29. The van der Waals surface area contributed by atoms with Gasteiger partial charge in [0, 0.05) is 12.2 Å². The number of hydrogen-bond acceptors (Lipinski definition) is 4. The molecule has 23 heavy (non-hydrogen) atoms. The molecular formula is C18H30N2O3. The highest BCUT2D eigenvalue weighted by atomic mass is 16.6. The number of ether oxygens (including phenoxy) is 1. The number of amides is 1. The monoisotopic (exact) mass is 322 g/mol. The Labute approximate surface area is 139 Å². The lowest BCUT2D eigenvalue weighted by molar-refractivity contribution is 0.0475. The number of anilines is 1. The number of unbranched alkanes of at least 4 members (excludes halogenated alkanes) is 2. The molecule has 0 saturated heterocycles. The van der Waals surface area contributed by atoms with Crippen LogP contribution in [0.2, 0.25) is 0 Å². The van der Waals surface area contributed by atoms with Gasteiger partial charge in [-0.2, -0.15) is 0 Å². The smallest absolute Gasteiger partial charge is 0.411 e. The van der Waals surface area contributed by atoms with E-state index in [1.807, 2.05) is 18.2 Å². The average Bonchev–Trinajstić information content (AvgIpc) is 2.56. The van der Waals surface area contributed by atoms with Crippen molar-refractivity contribution >= 4 is 11.8 Å². The highest BCUT2D eigenvalue weighted by Gasteiger charge is 2.13. The van der Waals surface area contributed by atoms with E-state index < -0.39 is 12.2 Å². The summed E-state index contributed by atoms with van der Waals surface area (Å²) >= 11 is 0. The Hall–Kier alpha value is -1.59. The van der Waals surface area contributed by atoms with Crippen LogP contribution in [0.5, 0.6) is 0 Å². The van der Waals surface area contributed by atoms with Crippen molar-refractivity contribution in [1.82, 2.24) is 4.90 Å². The van der Waals surface area contributed by atoms with Crippen LogP contribution < -0.4 is 5.32 Å². The molecule has 0 spiro atoms. The van der Waals surface area contributed by atoms with Crippen LogP contribution >= 0.6 is 0 Å². The maximum atomic E-state index is 11.7. The molecule has 130 valence electrons. The molecule has 0 saturated carbocycles. The van der Waals surface area contributed by atoms with Crippen molar-refractivity contribution < 1.29 is 14.6 Å². The number of carbonyl (C=O) groups excluding carboxylic acids is 1. The van der Waals surface area contributed by atoms with E-state index in [1.165, 1.54) is 0 Å². The minimum atomic E-state index is -0.662. The van der Waals surface area contributed by atoms with Gasteiger partial charge in [0.1, 0.15) is 12.7 Å². The zero-order valence-electron chi connectivity index (χ0n) is 14.3. The number of aliphatic hydroxyl groups excluding tert-OH is 1. The molecule has 5 heteroatoms. The van der Waals surface area contributed by atoms with Crippen LogP contribution in [0, 0.1) is 0 Å². The molecule has 0 aliphatic heterocycles. The van der Waals surface area contributed by atoms with E-state index in [9.17, 15) is 9.90 Å². The lowest BCUT2D eigenvalue weighted by atomic mass is 10.2. The van der Waals surface area contributed by atoms with E-state index in [4.69, 9.17) is 4.74 Å². The average molecular weight is 322 g/mol. The molecule has 0 bridgehead atoms. The van der Waals surface area contributed by atoms with E-state index in [0.29, 0.717) is 12.2 Å². The molecule has 5 nitrogen and oxygen atoms in total. The summed E-state index contributed by atoms with van der Waals surface area (Å²) in [5.74, 6) is 0. The summed E-state index contributed by atoms with van der Waals surface area (Å²) < 4.78 is 5.09. The first-order chi connectivity index (χ1) is 11.2. The molecule has 1 aromatic rings. The molecular weight excluding hydrogens is 292 g/mol. The van der Waals surface area contributed by atoms with Crippen molar-refractivity contribution in [2.24, 2.45) is 0 Å². The quantitative estimate of drug-likeness (QED) is 0.654. The van der Waals surface area contributed by atoms with Gasteiger partial charge in [-0.1, -0.05) is 44.9 Å². The van der Waals surface area contributed by atoms with Crippen LogP contribution in [0.15, 0.2) is 30.3 Å². The van der Waals surface area contributed by atoms with Gasteiger partial charge >= 0.3 is 6.09 Å². The van der Waals surface area contributed by atoms with Gasteiger partial charge in [0.25, 0.3) is 0 Å². The lowest BCUT2D eigenvalue weighted by Crippen LogP contribution is -2.37. The van der Waals surface area contributed by atoms with E-state index >= 15 is 0 Å². The van der Waals surface area contributed by atoms with Gasteiger partial charge in [0.15, 0.2) is 0 Å². The SMILES string of the molecule is CCCCN(CCCC)CC(O)COC(=O)Nc1ccccc1. The Morgan fingerprint density at radius 1 is 1.17 bits per heavy atom. The number of benzene rings is 1. The Bertz CT molecular complexity index is 418. The summed E-state index contributed by atoms with van der Waals surface area (Å²) in [4.78, 5) is 13.9. The van der Waals surface area contributed by atoms with Gasteiger partial charge in [-0.05, 0) is 38.1 Å². The van der Waals surface area contributed by atoms with Crippen molar-refractivity contribution in [3.05, 3.63) is 30.3 Å². The second kappa shape index (κ2) is 11.9. The maximum absolute atomic E-state index is 11.7. The largest absolute Gasteiger partial charge is 0.447 e. The molecule has 2 N–H and O–H groups in total. The summed E-state index contributed by atoms with van der Waals surface area (Å²) in [7, 11) is 0. The van der Waals surface area contributed by atoms with Crippen LogP contribution in [-0.4, -0.2) is 48.4 Å². The van der Waals surface area contributed by atoms with Gasteiger partial charge < -0.3 is 14.7 Å². The third kappa shape index (κ3) is 9.21. The number of carbonyl (C=O) groups is 1. The van der Waals surface area contributed by atoms with E-state index in [2.05, 4.69) is 24.1 Å². The van der Waals surface area contributed by atoms with Crippen LogP contribution in [0.4, 0.5) is 10.5 Å². The van der Waals surface area contributed by atoms with Crippen molar-refractivity contribution in [3.63, 3.8) is 0 Å². The Morgan fingerprint density at radius 3 is 2.35 bits per heavy atom. The molecule has 1 rings (SSSR count). The van der Waals surface area contributed by atoms with E-state index in [0.717, 1.165) is 38.8 Å². The molecule has 0 radical (unpaired) electrons. The molecule has 1 atom stereocenters. The summed E-state index contributed by atoms with van der Waals surface area (Å²) in [6.45, 7) is 6.82. The molecule has 0 fully saturated rings. The van der Waals surface area contributed by atoms with Crippen molar-refractivity contribution in [2.75, 3.05) is 31.6 Å². The summed E-state index contributed by atoms with van der Waals surface area (Å²) in [5.41, 5.74) is 0.680. The molecule has 0 aliphatic rings. The molecule has 0 aromatic heterocycles. The Morgan fingerprint density at radius 2 is 1.78 bits per heavy atom. The molecule has 0 aliphatic carbocycles. The van der Waals surface area contributed by atoms with Crippen molar-refractivity contribution in [1.29, 1.82) is 0 Å². The van der Waals surface area contributed by atoms with Crippen LogP contribution in [0.25, 0.3) is 0 Å². The first-order valence-corrected chi connectivity index (χ1v) is 8.55. The van der Waals surface area contributed by atoms with Crippen LogP contribution in [0.1, 0.15) is 39.5 Å². The summed E-state index contributed by atoms with van der Waals surface area (Å²) in [6.07, 6.45) is 3.30. The van der Waals surface area contributed by atoms with Gasteiger partial charge in [-0.25, -0.2) is 4.79 Å². The highest BCUT2D eigenvalue weighted by Crippen LogP contribution is 2.06. The summed E-state index contributed by atoms with van der Waals surface area (Å²) in [6, 6.07) is 9.12. The minimum absolute atomic E-state index is 0.00736. The number of aliphatic hydroxyl groups is 1. The van der Waals surface area contributed by atoms with Crippen molar-refractivity contribution in [3.8, 4) is 0 Å². The topological polar surface area (TPSA) is 61.8 Å². The highest BCUT2D eigenvalue weighted by molar-refractivity contribution is 5.84. The number of rotatable bonds is 11. The zero-order chi connectivity index (χ0) is 16.9. The summed E-state index contributed by atoms with van der Waals surface area (Å²) in [5, 5.41) is 12.7. The normalized spacial score (nSPS) is 12.2. The van der Waals surface area contributed by atoms with Gasteiger partial charge in [-0.3, -0.25) is 5.32 Å². The second-order valence-electron chi connectivity index (χ2n) is 5.75. The fourth-order valence-electron chi connectivity index (χ4n) is 2.26. The van der Waals surface area contributed by atoms with E-state index in [1.54, 1.807) is 12.1 Å². The third-order valence-corrected chi connectivity index (χ3v) is 3.55. The number of hydrogen-bond donors (Lipinski definition) is 2. The third-order valence-electron chi connectivity index (χ3n) is 3.55. The molecule has 1 unspecified atom stereocenters. The predicted octanol–water partition coefficient (Wildman–Crippen LogP) is 3.50. The second-order valence-corrected chi connectivity index (χ2v) is 5.75. The maximum Gasteiger partial charge on any atom is 0.411 e. The van der Waals surface area contributed by atoms with Crippen molar-refractivity contribution in [2.45, 2.75) is 45.6 Å². The number of nitrogens with zero attached hydrogens (tertiary/aromatic N) is 1. The fraction of sp³-hybridized carbons (Fsp3) is 0.611. The zero-order valence-corrected chi connectivity index (χ0v) is 14.3. The van der Waals surface area contributed by atoms with Gasteiger partial charge in [0.05, 0.1) is 0 Å². The first-order valence-electron chi connectivity index (χ1n) is 8.55. The molecule has 0 heterocycles. The van der Waals surface area contributed by atoms with Gasteiger partial charge in [0.2, 0.25) is 0 Å². The van der Waals surface area contributed by atoms with E-state index in [-0.39, 0.29) is 6.61 Å². The van der Waals surface area contributed by atoms with Crippen LogP contribution in [-0.2, 0) is 4.74 Å². The number of nitrogens with one attached hydrogen (secondary N) is 1. The molecule has 1 aromatic carbocycles. The van der Waals surface area contributed by atoms with Gasteiger partial charge in [-0.15, -0.1) is 0 Å². The number of para-hydroxylation sites is 1. The van der Waals surface area contributed by atoms with Crippen LogP contribution in [0.3, 0.4) is 0 Å². The predicted molar refractivity (Wildman–Crippen MR) is 93.7 cm³/mol.